The molecular formula is C24H45N7O8. The molecule has 224 valence electrons. The van der Waals surface area contributed by atoms with Crippen LogP contribution >= 0.6 is 0 Å². The van der Waals surface area contributed by atoms with Gasteiger partial charge >= 0.3 is 11.9 Å². The summed E-state index contributed by atoms with van der Waals surface area (Å²) in [5.74, 6) is -5.89. The molecule has 12 N–H and O–H groups in total. The second-order valence-electron chi connectivity index (χ2n) is 10.2. The fourth-order valence-corrected chi connectivity index (χ4v) is 3.62. The van der Waals surface area contributed by atoms with Crippen molar-refractivity contribution < 1.29 is 39.0 Å². The molecule has 0 saturated heterocycles. The first-order valence-electron chi connectivity index (χ1n) is 12.9. The van der Waals surface area contributed by atoms with E-state index in [-0.39, 0.29) is 50.6 Å². The normalized spacial score (nSPS) is 15.0. The Morgan fingerprint density at radius 3 is 1.38 bits per heavy atom. The lowest BCUT2D eigenvalue weighted by molar-refractivity contribution is -0.147. The lowest BCUT2D eigenvalue weighted by Gasteiger charge is -2.27. The first-order valence-corrected chi connectivity index (χ1v) is 12.9. The SMILES string of the molecule is CC(C)C[C@H](NC(=O)[C@@H](CC(C)C)NC(=O)[C@@H](N)CCN)C(=O)N[C@@H](CCN)C(=O)N[C@@H](CC(=O)O)C(=O)O. The van der Waals surface area contributed by atoms with Crippen LogP contribution in [0.5, 0.6) is 0 Å². The minimum Gasteiger partial charge on any atom is -0.481 e. The molecule has 0 rings (SSSR count). The predicted octanol–water partition coefficient (Wildman–Crippen LogP) is -2.40. The van der Waals surface area contributed by atoms with E-state index >= 15 is 0 Å². The number of carbonyl (C=O) groups is 6. The molecule has 39 heavy (non-hydrogen) atoms. The molecule has 0 spiro atoms. The van der Waals surface area contributed by atoms with Gasteiger partial charge in [-0.2, -0.15) is 0 Å². The Morgan fingerprint density at radius 1 is 0.615 bits per heavy atom. The molecule has 4 amide bonds. The molecule has 15 heteroatoms. The summed E-state index contributed by atoms with van der Waals surface area (Å²) in [6.45, 7) is 7.48. The number of hydrogen-bond acceptors (Lipinski definition) is 9. The summed E-state index contributed by atoms with van der Waals surface area (Å²) >= 11 is 0. The summed E-state index contributed by atoms with van der Waals surface area (Å²) in [6.07, 6.45) is -0.277. The molecule has 0 radical (unpaired) electrons. The van der Waals surface area contributed by atoms with E-state index in [4.69, 9.17) is 22.3 Å². The number of amides is 4. The average molecular weight is 560 g/mol. The molecule has 0 aliphatic carbocycles. The van der Waals surface area contributed by atoms with Crippen molar-refractivity contribution in [2.24, 2.45) is 29.0 Å². The highest BCUT2D eigenvalue weighted by Crippen LogP contribution is 2.10. The van der Waals surface area contributed by atoms with Gasteiger partial charge in [0, 0.05) is 0 Å². The maximum atomic E-state index is 13.2. The van der Waals surface area contributed by atoms with Crippen molar-refractivity contribution in [2.45, 2.75) is 90.0 Å². The molecule has 15 nitrogen and oxygen atoms in total. The molecule has 0 heterocycles. The van der Waals surface area contributed by atoms with Gasteiger partial charge in [-0.25, -0.2) is 4.79 Å². The van der Waals surface area contributed by atoms with Gasteiger partial charge in [0.15, 0.2) is 0 Å². The van der Waals surface area contributed by atoms with Crippen LogP contribution in [0.4, 0.5) is 0 Å². The highest BCUT2D eigenvalue weighted by molar-refractivity contribution is 5.95. The van der Waals surface area contributed by atoms with Crippen LogP contribution in [0.25, 0.3) is 0 Å². The van der Waals surface area contributed by atoms with Crippen molar-refractivity contribution in [2.75, 3.05) is 13.1 Å². The second-order valence-corrected chi connectivity index (χ2v) is 10.2. The summed E-state index contributed by atoms with van der Waals surface area (Å²) in [5, 5.41) is 27.9. The quantitative estimate of drug-likeness (QED) is 0.0804. The molecule has 0 aromatic rings. The van der Waals surface area contributed by atoms with Gasteiger partial charge in [-0.05, 0) is 50.6 Å². The summed E-state index contributed by atoms with van der Waals surface area (Å²) in [5.41, 5.74) is 16.8. The van der Waals surface area contributed by atoms with E-state index < -0.39 is 72.2 Å². The van der Waals surface area contributed by atoms with Crippen molar-refractivity contribution >= 4 is 35.6 Å². The van der Waals surface area contributed by atoms with Crippen LogP contribution in [0.15, 0.2) is 0 Å². The molecule has 0 aromatic heterocycles. The van der Waals surface area contributed by atoms with Crippen molar-refractivity contribution in [1.82, 2.24) is 21.3 Å². The van der Waals surface area contributed by atoms with Gasteiger partial charge in [0.05, 0.1) is 12.5 Å². The Hall–Kier alpha value is -3.30. The van der Waals surface area contributed by atoms with Crippen molar-refractivity contribution in [3.05, 3.63) is 0 Å². The number of aliphatic carboxylic acids is 2. The van der Waals surface area contributed by atoms with Crippen LogP contribution in [-0.2, 0) is 28.8 Å². The number of nitrogens with one attached hydrogen (secondary N) is 4. The van der Waals surface area contributed by atoms with Crippen LogP contribution in [0.1, 0.15) is 59.8 Å². The van der Waals surface area contributed by atoms with Crippen molar-refractivity contribution in [3.8, 4) is 0 Å². The van der Waals surface area contributed by atoms with Gasteiger partial charge in [-0.15, -0.1) is 0 Å². The average Bonchev–Trinajstić information content (AvgIpc) is 2.81. The van der Waals surface area contributed by atoms with E-state index in [9.17, 15) is 33.9 Å². The predicted molar refractivity (Wildman–Crippen MR) is 142 cm³/mol. The molecule has 0 aromatic carbocycles. The Bertz CT molecular complexity index is 852. The lowest BCUT2D eigenvalue weighted by Crippen LogP contribution is -2.59. The topological polar surface area (TPSA) is 269 Å². The summed E-state index contributed by atoms with van der Waals surface area (Å²) in [6, 6.07) is -6.00. The van der Waals surface area contributed by atoms with Gasteiger partial charge in [0.2, 0.25) is 23.6 Å². The summed E-state index contributed by atoms with van der Waals surface area (Å²) < 4.78 is 0. The van der Waals surface area contributed by atoms with Gasteiger partial charge in [0.25, 0.3) is 0 Å². The van der Waals surface area contributed by atoms with Crippen LogP contribution in [0.2, 0.25) is 0 Å². The number of carbonyl (C=O) groups excluding carboxylic acids is 4. The monoisotopic (exact) mass is 559 g/mol. The fraction of sp³-hybridized carbons (Fsp3) is 0.750. The standard InChI is InChI=1S/C24H45N7O8/c1-12(2)9-16(29-20(34)14(27)5-7-25)23(37)30-17(10-13(3)4)22(36)28-15(6-8-26)21(35)31-18(24(38)39)11-19(32)33/h12-18H,5-11,25-27H2,1-4H3,(H,28,36)(H,29,34)(H,30,37)(H,31,35)(H,32,33)(H,38,39)/t14-,15-,16+,17-,18-/m0/s1. The van der Waals surface area contributed by atoms with Crippen LogP contribution in [0, 0.1) is 11.8 Å². The number of hydrogen-bond donors (Lipinski definition) is 9. The van der Waals surface area contributed by atoms with Gasteiger partial charge in [-0.1, -0.05) is 27.7 Å². The minimum absolute atomic E-state index is 0.00905. The lowest BCUT2D eigenvalue weighted by atomic mass is 9.99. The van der Waals surface area contributed by atoms with Crippen LogP contribution in [-0.4, -0.2) is 89.1 Å². The third kappa shape index (κ3) is 14.4. The molecule has 0 fully saturated rings. The number of rotatable bonds is 19. The Morgan fingerprint density at radius 2 is 1.00 bits per heavy atom. The Balaban J connectivity index is 5.73. The zero-order chi connectivity index (χ0) is 30.3. The van der Waals surface area contributed by atoms with Gasteiger partial charge in [-0.3, -0.25) is 24.0 Å². The first kappa shape index (κ1) is 35.7. The molecule has 0 aliphatic heterocycles. The highest BCUT2D eigenvalue weighted by atomic mass is 16.4. The Labute approximate surface area is 228 Å². The first-order chi connectivity index (χ1) is 18.1. The maximum Gasteiger partial charge on any atom is 0.326 e. The third-order valence-electron chi connectivity index (χ3n) is 5.58. The van der Waals surface area contributed by atoms with E-state index in [1.54, 1.807) is 0 Å². The number of carboxylic acid groups (broad SMARTS) is 2. The van der Waals surface area contributed by atoms with Crippen LogP contribution < -0.4 is 38.5 Å². The fourth-order valence-electron chi connectivity index (χ4n) is 3.62. The molecule has 0 unspecified atom stereocenters. The number of nitrogens with two attached hydrogens (primary N) is 3. The van der Waals surface area contributed by atoms with E-state index in [1.807, 2.05) is 27.7 Å². The van der Waals surface area contributed by atoms with E-state index in [1.165, 1.54) is 0 Å². The molecule has 0 aliphatic rings. The summed E-state index contributed by atoms with van der Waals surface area (Å²) in [7, 11) is 0. The van der Waals surface area contributed by atoms with E-state index in [2.05, 4.69) is 21.3 Å². The van der Waals surface area contributed by atoms with Crippen molar-refractivity contribution in [3.63, 3.8) is 0 Å². The zero-order valence-electron chi connectivity index (χ0n) is 23.1. The molecule has 0 saturated carbocycles. The third-order valence-corrected chi connectivity index (χ3v) is 5.58. The molecular weight excluding hydrogens is 514 g/mol. The van der Waals surface area contributed by atoms with E-state index in [0.29, 0.717) is 0 Å². The Kier molecular flexibility index (Phi) is 16.5. The summed E-state index contributed by atoms with van der Waals surface area (Å²) in [4.78, 5) is 73.8. The maximum absolute atomic E-state index is 13.2. The van der Waals surface area contributed by atoms with Crippen molar-refractivity contribution in [1.29, 1.82) is 0 Å². The zero-order valence-corrected chi connectivity index (χ0v) is 23.1. The largest absolute Gasteiger partial charge is 0.481 e. The minimum atomic E-state index is -1.72. The van der Waals surface area contributed by atoms with Gasteiger partial charge < -0.3 is 48.7 Å². The van der Waals surface area contributed by atoms with E-state index in [0.717, 1.165) is 0 Å². The number of carboxylic acids is 2. The molecule has 0 bridgehead atoms. The molecule has 5 atom stereocenters. The smallest absolute Gasteiger partial charge is 0.326 e. The van der Waals surface area contributed by atoms with Crippen LogP contribution in [0.3, 0.4) is 0 Å². The second kappa shape index (κ2) is 18.1. The van der Waals surface area contributed by atoms with Gasteiger partial charge in [0.1, 0.15) is 24.2 Å². The highest BCUT2D eigenvalue weighted by Gasteiger charge is 2.32.